The van der Waals surface area contributed by atoms with Gasteiger partial charge in [0.15, 0.2) is 0 Å². The lowest BCUT2D eigenvalue weighted by Gasteiger charge is -2.45. The second kappa shape index (κ2) is 11.3. The number of hydrogen-bond donors (Lipinski definition) is 1. The zero-order valence-electron chi connectivity index (χ0n) is 18.9. The van der Waals surface area contributed by atoms with Crippen molar-refractivity contribution in [3.8, 4) is 0 Å². The Kier molecular flexibility index (Phi) is 8.20. The molecule has 1 amide bonds. The van der Waals surface area contributed by atoms with Crippen LogP contribution in [0, 0.1) is 12.8 Å². The van der Waals surface area contributed by atoms with E-state index in [1.807, 2.05) is 43.3 Å². The number of aryl methyl sites for hydroxylation is 1. The van der Waals surface area contributed by atoms with Crippen LogP contribution in [0.25, 0.3) is 0 Å². The van der Waals surface area contributed by atoms with Gasteiger partial charge in [-0.2, -0.15) is 0 Å². The number of piperidine rings is 1. The van der Waals surface area contributed by atoms with Crippen molar-refractivity contribution >= 4 is 23.2 Å². The summed E-state index contributed by atoms with van der Waals surface area (Å²) in [5.74, 6) is 0.573. The first-order valence-corrected chi connectivity index (χ1v) is 12.1. The molecule has 6 heteroatoms. The van der Waals surface area contributed by atoms with E-state index in [4.69, 9.17) is 16.3 Å². The molecule has 2 aromatic carbocycles. The SMILES string of the molecule is Cc1cccc(NC(=O)CC[C@@H]2CN(Cc3ccc(Cl)cc3)CC[C@@H]2N2CCOCC2)c1. The van der Waals surface area contributed by atoms with Crippen LogP contribution in [0.15, 0.2) is 48.5 Å². The Balaban J connectivity index is 1.37. The number of anilines is 1. The Bertz CT molecular complexity index is 883. The van der Waals surface area contributed by atoms with Gasteiger partial charge in [-0.05, 0) is 67.6 Å². The van der Waals surface area contributed by atoms with Gasteiger partial charge in [-0.3, -0.25) is 14.6 Å². The van der Waals surface area contributed by atoms with Crippen LogP contribution in [0.4, 0.5) is 5.69 Å². The van der Waals surface area contributed by atoms with Gasteiger partial charge in [-0.1, -0.05) is 35.9 Å². The largest absolute Gasteiger partial charge is 0.379 e. The van der Waals surface area contributed by atoms with Gasteiger partial charge in [0.05, 0.1) is 13.2 Å². The molecular weight excluding hydrogens is 422 g/mol. The molecular formula is C26H34ClN3O2. The van der Waals surface area contributed by atoms with Gasteiger partial charge in [0, 0.05) is 49.4 Å². The molecule has 2 heterocycles. The normalized spacial score (nSPS) is 22.6. The Morgan fingerprint density at radius 2 is 1.91 bits per heavy atom. The predicted octanol–water partition coefficient (Wildman–Crippen LogP) is 4.59. The molecule has 32 heavy (non-hydrogen) atoms. The van der Waals surface area contributed by atoms with Crippen molar-refractivity contribution in [1.29, 1.82) is 0 Å². The maximum absolute atomic E-state index is 12.7. The standard InChI is InChI=1S/C26H34ClN3O2/c1-20-3-2-4-24(17-20)28-26(31)10-7-22-19-29(18-21-5-8-23(27)9-6-21)12-11-25(22)30-13-15-32-16-14-30/h2-6,8-9,17,22,25H,7,10-16,18-19H2,1H3,(H,28,31)/t22-,25+/m1/s1. The van der Waals surface area contributed by atoms with E-state index in [1.165, 1.54) is 5.56 Å². The number of carbonyl (C=O) groups is 1. The van der Waals surface area contributed by atoms with Gasteiger partial charge in [-0.25, -0.2) is 0 Å². The third-order valence-electron chi connectivity index (χ3n) is 6.66. The van der Waals surface area contributed by atoms with Crippen molar-refractivity contribution in [3.63, 3.8) is 0 Å². The summed E-state index contributed by atoms with van der Waals surface area (Å²) in [7, 11) is 0. The minimum absolute atomic E-state index is 0.103. The zero-order valence-corrected chi connectivity index (χ0v) is 19.7. The number of morpholine rings is 1. The highest BCUT2D eigenvalue weighted by Gasteiger charge is 2.34. The van der Waals surface area contributed by atoms with Gasteiger partial charge in [-0.15, -0.1) is 0 Å². The average molecular weight is 456 g/mol. The molecule has 2 fully saturated rings. The molecule has 0 bridgehead atoms. The lowest BCUT2D eigenvalue weighted by molar-refractivity contribution is -0.116. The van der Waals surface area contributed by atoms with Crippen LogP contribution in [0.3, 0.4) is 0 Å². The van der Waals surface area contributed by atoms with Gasteiger partial charge in [0.25, 0.3) is 0 Å². The molecule has 1 N–H and O–H groups in total. The fourth-order valence-corrected chi connectivity index (χ4v) is 5.15. The molecule has 2 aromatic rings. The Morgan fingerprint density at radius 1 is 1.12 bits per heavy atom. The Hall–Kier alpha value is -1.92. The number of ether oxygens (including phenoxy) is 1. The number of likely N-dealkylation sites (tertiary alicyclic amines) is 1. The van der Waals surface area contributed by atoms with Crippen molar-refractivity contribution in [2.75, 3.05) is 44.7 Å². The number of benzene rings is 2. The van der Waals surface area contributed by atoms with Crippen LogP contribution in [0.5, 0.6) is 0 Å². The third kappa shape index (κ3) is 6.55. The summed E-state index contributed by atoms with van der Waals surface area (Å²) >= 11 is 6.05. The highest BCUT2D eigenvalue weighted by molar-refractivity contribution is 6.30. The molecule has 2 atom stereocenters. The lowest BCUT2D eigenvalue weighted by atomic mass is 9.86. The van der Waals surface area contributed by atoms with E-state index in [-0.39, 0.29) is 5.91 Å². The molecule has 4 rings (SSSR count). The van der Waals surface area contributed by atoms with Crippen molar-refractivity contribution in [2.45, 2.75) is 38.8 Å². The summed E-state index contributed by atoms with van der Waals surface area (Å²) in [5.41, 5.74) is 3.32. The van der Waals surface area contributed by atoms with E-state index in [0.29, 0.717) is 18.4 Å². The van der Waals surface area contributed by atoms with Gasteiger partial charge in [0.2, 0.25) is 5.91 Å². The lowest BCUT2D eigenvalue weighted by Crippen LogP contribution is -2.53. The number of amides is 1. The highest BCUT2D eigenvalue weighted by atomic mass is 35.5. The minimum Gasteiger partial charge on any atom is -0.379 e. The number of carbonyl (C=O) groups excluding carboxylic acids is 1. The van der Waals surface area contributed by atoms with Crippen molar-refractivity contribution in [2.24, 2.45) is 5.92 Å². The van der Waals surface area contributed by atoms with Crippen LogP contribution >= 0.6 is 11.6 Å². The van der Waals surface area contributed by atoms with E-state index in [9.17, 15) is 4.79 Å². The number of rotatable bonds is 7. The quantitative estimate of drug-likeness (QED) is 0.663. The third-order valence-corrected chi connectivity index (χ3v) is 6.91. The zero-order chi connectivity index (χ0) is 22.3. The minimum atomic E-state index is 0.103. The first-order valence-electron chi connectivity index (χ1n) is 11.7. The monoisotopic (exact) mass is 455 g/mol. The molecule has 0 saturated carbocycles. The summed E-state index contributed by atoms with van der Waals surface area (Å²) in [6, 6.07) is 16.7. The molecule has 5 nitrogen and oxygen atoms in total. The maximum atomic E-state index is 12.7. The first kappa shape index (κ1) is 23.2. The Morgan fingerprint density at radius 3 is 2.66 bits per heavy atom. The van der Waals surface area contributed by atoms with E-state index in [1.54, 1.807) is 0 Å². The number of halogens is 1. The molecule has 0 aliphatic carbocycles. The second-order valence-electron chi connectivity index (χ2n) is 9.08. The van der Waals surface area contributed by atoms with Gasteiger partial charge >= 0.3 is 0 Å². The second-order valence-corrected chi connectivity index (χ2v) is 9.52. The Labute approximate surface area is 196 Å². The number of nitrogens with zero attached hydrogens (tertiary/aromatic N) is 2. The molecule has 2 aliphatic heterocycles. The number of hydrogen-bond acceptors (Lipinski definition) is 4. The average Bonchev–Trinajstić information content (AvgIpc) is 2.80. The highest BCUT2D eigenvalue weighted by Crippen LogP contribution is 2.28. The molecule has 0 radical (unpaired) electrons. The smallest absolute Gasteiger partial charge is 0.224 e. The topological polar surface area (TPSA) is 44.8 Å². The van der Waals surface area contributed by atoms with Crippen LogP contribution in [0.2, 0.25) is 5.02 Å². The first-order chi connectivity index (χ1) is 15.6. The van der Waals surface area contributed by atoms with Crippen LogP contribution in [0.1, 0.15) is 30.4 Å². The van der Waals surface area contributed by atoms with Crippen LogP contribution in [-0.2, 0) is 16.1 Å². The molecule has 0 spiro atoms. The van der Waals surface area contributed by atoms with E-state index < -0.39 is 0 Å². The van der Waals surface area contributed by atoms with Crippen LogP contribution < -0.4 is 5.32 Å². The number of nitrogens with one attached hydrogen (secondary N) is 1. The van der Waals surface area contributed by atoms with Crippen molar-refractivity contribution in [3.05, 3.63) is 64.7 Å². The molecule has 0 unspecified atom stereocenters. The van der Waals surface area contributed by atoms with E-state index in [2.05, 4.69) is 27.2 Å². The summed E-state index contributed by atoms with van der Waals surface area (Å²) in [6.07, 6.45) is 2.59. The fourth-order valence-electron chi connectivity index (χ4n) is 5.02. The summed E-state index contributed by atoms with van der Waals surface area (Å²) in [6.45, 7) is 8.68. The fraction of sp³-hybridized carbons (Fsp3) is 0.500. The van der Waals surface area contributed by atoms with Crippen LogP contribution in [-0.4, -0.2) is 61.1 Å². The summed E-state index contributed by atoms with van der Waals surface area (Å²) < 4.78 is 5.58. The predicted molar refractivity (Wildman–Crippen MR) is 130 cm³/mol. The molecule has 2 aliphatic rings. The summed E-state index contributed by atoms with van der Waals surface area (Å²) in [5, 5.41) is 3.85. The van der Waals surface area contributed by atoms with Gasteiger partial charge in [0.1, 0.15) is 0 Å². The van der Waals surface area contributed by atoms with Crippen molar-refractivity contribution < 1.29 is 9.53 Å². The van der Waals surface area contributed by atoms with E-state index in [0.717, 1.165) is 75.1 Å². The summed E-state index contributed by atoms with van der Waals surface area (Å²) in [4.78, 5) is 17.8. The molecule has 172 valence electrons. The molecule has 2 saturated heterocycles. The molecule has 0 aromatic heterocycles. The van der Waals surface area contributed by atoms with E-state index >= 15 is 0 Å². The van der Waals surface area contributed by atoms with Crippen molar-refractivity contribution in [1.82, 2.24) is 9.80 Å². The van der Waals surface area contributed by atoms with Gasteiger partial charge < -0.3 is 10.1 Å². The maximum Gasteiger partial charge on any atom is 0.224 e.